The van der Waals surface area contributed by atoms with E-state index in [1.54, 1.807) is 0 Å². The SMILES string of the molecule is CCCCOC(=O)CC1=C[C@H](O)CC1=O. The lowest BCUT2D eigenvalue weighted by molar-refractivity contribution is -0.143. The van der Waals surface area contributed by atoms with Gasteiger partial charge in [-0.05, 0) is 12.5 Å². The Kier molecular flexibility index (Phi) is 4.49. The highest BCUT2D eigenvalue weighted by molar-refractivity contribution is 6.01. The fraction of sp³-hybridized carbons (Fsp3) is 0.636. The van der Waals surface area contributed by atoms with Gasteiger partial charge in [-0.15, -0.1) is 0 Å². The molecule has 1 aliphatic rings. The van der Waals surface area contributed by atoms with Crippen LogP contribution in [0, 0.1) is 0 Å². The van der Waals surface area contributed by atoms with E-state index in [-0.39, 0.29) is 18.6 Å². The highest BCUT2D eigenvalue weighted by Gasteiger charge is 2.24. The fourth-order valence-corrected chi connectivity index (χ4v) is 1.40. The summed E-state index contributed by atoms with van der Waals surface area (Å²) in [5, 5.41) is 9.15. The van der Waals surface area contributed by atoms with E-state index in [1.807, 2.05) is 6.92 Å². The van der Waals surface area contributed by atoms with E-state index in [2.05, 4.69) is 0 Å². The van der Waals surface area contributed by atoms with Gasteiger partial charge >= 0.3 is 5.97 Å². The number of esters is 1. The van der Waals surface area contributed by atoms with Crippen molar-refractivity contribution in [2.24, 2.45) is 0 Å². The van der Waals surface area contributed by atoms with Gasteiger partial charge in [-0.2, -0.15) is 0 Å². The Hall–Kier alpha value is -1.16. The average Bonchev–Trinajstić information content (AvgIpc) is 2.45. The predicted molar refractivity (Wildman–Crippen MR) is 54.2 cm³/mol. The zero-order valence-corrected chi connectivity index (χ0v) is 8.86. The van der Waals surface area contributed by atoms with Gasteiger partial charge in [0.1, 0.15) is 0 Å². The summed E-state index contributed by atoms with van der Waals surface area (Å²) in [4.78, 5) is 22.4. The summed E-state index contributed by atoms with van der Waals surface area (Å²) in [5.41, 5.74) is 0.379. The van der Waals surface area contributed by atoms with E-state index >= 15 is 0 Å². The molecule has 84 valence electrons. The van der Waals surface area contributed by atoms with Gasteiger partial charge in [0, 0.05) is 12.0 Å². The Bertz CT molecular complexity index is 280. The van der Waals surface area contributed by atoms with E-state index in [1.165, 1.54) is 6.08 Å². The molecule has 4 heteroatoms. The molecule has 0 saturated heterocycles. The number of rotatable bonds is 5. The molecule has 0 fully saturated rings. The summed E-state index contributed by atoms with van der Waals surface area (Å²) >= 11 is 0. The molecule has 1 N–H and O–H groups in total. The van der Waals surface area contributed by atoms with E-state index in [0.717, 1.165) is 12.8 Å². The van der Waals surface area contributed by atoms with Crippen LogP contribution >= 0.6 is 0 Å². The van der Waals surface area contributed by atoms with Crippen LogP contribution in [0.2, 0.25) is 0 Å². The molecule has 0 aromatic heterocycles. The van der Waals surface area contributed by atoms with Crippen LogP contribution in [0.4, 0.5) is 0 Å². The third kappa shape index (κ3) is 3.83. The van der Waals surface area contributed by atoms with Crippen molar-refractivity contribution in [2.75, 3.05) is 6.61 Å². The molecule has 1 atom stereocenters. The zero-order chi connectivity index (χ0) is 11.3. The minimum atomic E-state index is -0.726. The smallest absolute Gasteiger partial charge is 0.310 e. The maximum atomic E-state index is 11.2. The van der Waals surface area contributed by atoms with Crippen LogP contribution in [0.15, 0.2) is 11.6 Å². The Morgan fingerprint density at radius 3 is 2.93 bits per heavy atom. The van der Waals surface area contributed by atoms with Crippen LogP contribution < -0.4 is 0 Å². The minimum absolute atomic E-state index is 0.0143. The second kappa shape index (κ2) is 5.66. The number of unbranched alkanes of at least 4 members (excludes halogenated alkanes) is 1. The third-order valence-electron chi connectivity index (χ3n) is 2.24. The predicted octanol–water partition coefficient (Wildman–Crippen LogP) is 0.980. The van der Waals surface area contributed by atoms with Crippen molar-refractivity contribution in [3.05, 3.63) is 11.6 Å². The number of carbonyl (C=O) groups excluding carboxylic acids is 2. The lowest BCUT2D eigenvalue weighted by atomic mass is 10.1. The van der Waals surface area contributed by atoms with Gasteiger partial charge in [0.05, 0.1) is 19.1 Å². The van der Waals surface area contributed by atoms with Crippen LogP contribution in [0.3, 0.4) is 0 Å². The second-order valence-electron chi connectivity index (χ2n) is 3.64. The van der Waals surface area contributed by atoms with E-state index in [0.29, 0.717) is 12.2 Å². The molecule has 0 amide bonds. The molecule has 0 aromatic rings. The number of ether oxygens (including phenoxy) is 1. The molecule has 15 heavy (non-hydrogen) atoms. The normalized spacial score (nSPS) is 20.3. The molecule has 0 unspecified atom stereocenters. The van der Waals surface area contributed by atoms with E-state index < -0.39 is 12.1 Å². The van der Waals surface area contributed by atoms with E-state index in [9.17, 15) is 9.59 Å². The Morgan fingerprint density at radius 2 is 2.40 bits per heavy atom. The minimum Gasteiger partial charge on any atom is -0.465 e. The van der Waals surface area contributed by atoms with E-state index in [4.69, 9.17) is 9.84 Å². The zero-order valence-electron chi connectivity index (χ0n) is 8.86. The quantitative estimate of drug-likeness (QED) is 0.545. The largest absolute Gasteiger partial charge is 0.465 e. The van der Waals surface area contributed by atoms with Crippen LogP contribution in [-0.2, 0) is 14.3 Å². The van der Waals surface area contributed by atoms with Crippen molar-refractivity contribution in [3.63, 3.8) is 0 Å². The van der Waals surface area contributed by atoms with Crippen molar-refractivity contribution in [1.29, 1.82) is 0 Å². The number of hydrogen-bond donors (Lipinski definition) is 1. The molecule has 4 nitrogen and oxygen atoms in total. The Labute approximate surface area is 88.9 Å². The molecule has 1 aliphatic carbocycles. The highest BCUT2D eigenvalue weighted by atomic mass is 16.5. The monoisotopic (exact) mass is 212 g/mol. The van der Waals surface area contributed by atoms with Gasteiger partial charge in [0.25, 0.3) is 0 Å². The molecule has 0 bridgehead atoms. The summed E-state index contributed by atoms with van der Waals surface area (Å²) in [7, 11) is 0. The molecule has 1 rings (SSSR count). The first-order chi connectivity index (χ1) is 7.13. The summed E-state index contributed by atoms with van der Waals surface area (Å²) in [5.74, 6) is -0.549. The van der Waals surface area contributed by atoms with Crippen LogP contribution in [0.5, 0.6) is 0 Å². The maximum absolute atomic E-state index is 11.2. The van der Waals surface area contributed by atoms with Gasteiger partial charge in [0.2, 0.25) is 0 Å². The number of carbonyl (C=O) groups is 2. The summed E-state index contributed by atoms with van der Waals surface area (Å²) < 4.78 is 4.91. The van der Waals surface area contributed by atoms with Crippen molar-refractivity contribution in [2.45, 2.75) is 38.7 Å². The van der Waals surface area contributed by atoms with Gasteiger partial charge in [-0.1, -0.05) is 13.3 Å². The van der Waals surface area contributed by atoms with Gasteiger partial charge < -0.3 is 9.84 Å². The van der Waals surface area contributed by atoms with Crippen molar-refractivity contribution >= 4 is 11.8 Å². The van der Waals surface area contributed by atoms with Crippen LogP contribution in [-0.4, -0.2) is 29.6 Å². The Morgan fingerprint density at radius 1 is 1.67 bits per heavy atom. The fourth-order valence-electron chi connectivity index (χ4n) is 1.40. The summed E-state index contributed by atoms with van der Waals surface area (Å²) in [6, 6.07) is 0. The molecule has 0 aromatic carbocycles. The molecule has 0 saturated carbocycles. The average molecular weight is 212 g/mol. The highest BCUT2D eigenvalue weighted by Crippen LogP contribution is 2.18. The second-order valence-corrected chi connectivity index (χ2v) is 3.64. The molecular weight excluding hydrogens is 196 g/mol. The molecule has 0 aliphatic heterocycles. The number of ketones is 1. The molecular formula is C11H16O4. The Balaban J connectivity index is 2.32. The van der Waals surface area contributed by atoms with Gasteiger partial charge in [-0.3, -0.25) is 9.59 Å². The van der Waals surface area contributed by atoms with Crippen molar-refractivity contribution < 1.29 is 19.4 Å². The topological polar surface area (TPSA) is 63.6 Å². The number of hydrogen-bond acceptors (Lipinski definition) is 4. The number of aliphatic hydroxyl groups excluding tert-OH is 1. The first-order valence-electron chi connectivity index (χ1n) is 5.21. The molecule has 0 radical (unpaired) electrons. The maximum Gasteiger partial charge on any atom is 0.310 e. The molecule has 0 heterocycles. The van der Waals surface area contributed by atoms with Crippen molar-refractivity contribution in [3.8, 4) is 0 Å². The molecule has 0 spiro atoms. The third-order valence-corrected chi connectivity index (χ3v) is 2.24. The van der Waals surface area contributed by atoms with Crippen molar-refractivity contribution in [1.82, 2.24) is 0 Å². The van der Waals surface area contributed by atoms with Gasteiger partial charge in [0.15, 0.2) is 5.78 Å². The van der Waals surface area contributed by atoms with Crippen LogP contribution in [0.1, 0.15) is 32.6 Å². The number of Topliss-reactive ketones (excluding diaryl/α,β-unsaturated/α-hetero) is 1. The lowest BCUT2D eigenvalue weighted by Crippen LogP contribution is -2.09. The van der Waals surface area contributed by atoms with Crippen LogP contribution in [0.25, 0.3) is 0 Å². The first-order valence-corrected chi connectivity index (χ1v) is 5.21. The first kappa shape index (κ1) is 11.9. The van der Waals surface area contributed by atoms with Gasteiger partial charge in [-0.25, -0.2) is 0 Å². The summed E-state index contributed by atoms with van der Waals surface area (Å²) in [6.07, 6.45) is 2.59. The summed E-state index contributed by atoms with van der Waals surface area (Å²) in [6.45, 7) is 2.41. The lowest BCUT2D eigenvalue weighted by Gasteiger charge is -2.03. The number of aliphatic hydroxyl groups is 1. The standard InChI is InChI=1S/C11H16O4/c1-2-3-4-15-11(14)6-8-5-9(12)7-10(8)13/h5,9,12H,2-4,6-7H2,1H3/t9-/m0/s1.